The molecule has 0 bridgehead atoms. The second kappa shape index (κ2) is 8.61. The van der Waals surface area contributed by atoms with Crippen molar-refractivity contribution < 1.29 is 36.3 Å². The lowest BCUT2D eigenvalue weighted by atomic mass is 10.2. The Bertz CT molecular complexity index is 892. The number of rotatable bonds is 5. The maximum absolute atomic E-state index is 13.5. The van der Waals surface area contributed by atoms with Crippen molar-refractivity contribution in [2.45, 2.75) is 11.7 Å². The Morgan fingerprint density at radius 3 is 2.25 bits per heavy atom. The highest BCUT2D eigenvalue weighted by atomic mass is 35.5. The zero-order chi connectivity index (χ0) is 21.1. The van der Waals surface area contributed by atoms with Crippen LogP contribution in [-0.2, 0) is 0 Å². The molecule has 0 fully saturated rings. The van der Waals surface area contributed by atoms with E-state index in [0.29, 0.717) is 0 Å². The Balaban J connectivity index is 2.06. The molecule has 0 aliphatic heterocycles. The largest absolute Gasteiger partial charge is 0.444 e. The maximum Gasteiger partial charge on any atom is 0.444 e. The summed E-state index contributed by atoms with van der Waals surface area (Å²) in [4.78, 5) is 23.6. The van der Waals surface area contributed by atoms with Crippen LogP contribution in [0.4, 0.5) is 32.4 Å². The first-order valence-electron chi connectivity index (χ1n) is 7.22. The van der Waals surface area contributed by atoms with Gasteiger partial charge in [-0.05, 0) is 30.3 Å². The lowest BCUT2D eigenvalue weighted by Crippen LogP contribution is -2.35. The van der Waals surface area contributed by atoms with Crippen molar-refractivity contribution in [1.82, 2.24) is 5.32 Å². The van der Waals surface area contributed by atoms with Gasteiger partial charge in [0.15, 0.2) is 0 Å². The SMILES string of the molecule is O=C(NC(=O)c1c(F)cccc1F)Nc1ccc(OC(F)(F)C(F)Cl)c(Cl)c1. The van der Waals surface area contributed by atoms with Gasteiger partial charge in [-0.3, -0.25) is 10.1 Å². The van der Waals surface area contributed by atoms with Gasteiger partial charge in [0.1, 0.15) is 22.9 Å². The summed E-state index contributed by atoms with van der Waals surface area (Å²) in [6, 6.07) is 4.36. The van der Waals surface area contributed by atoms with Crippen LogP contribution in [0, 0.1) is 11.6 Å². The molecule has 0 radical (unpaired) electrons. The fourth-order valence-corrected chi connectivity index (χ4v) is 2.16. The molecule has 2 rings (SSSR count). The number of urea groups is 1. The van der Waals surface area contributed by atoms with Gasteiger partial charge in [0.25, 0.3) is 11.5 Å². The Labute approximate surface area is 164 Å². The van der Waals surface area contributed by atoms with Gasteiger partial charge in [-0.1, -0.05) is 29.3 Å². The molecule has 0 aliphatic rings. The van der Waals surface area contributed by atoms with Gasteiger partial charge >= 0.3 is 12.1 Å². The van der Waals surface area contributed by atoms with Gasteiger partial charge in [0.2, 0.25) is 0 Å². The second-order valence-electron chi connectivity index (χ2n) is 5.11. The normalized spacial score (nSPS) is 12.2. The van der Waals surface area contributed by atoms with E-state index in [-0.39, 0.29) is 5.69 Å². The summed E-state index contributed by atoms with van der Waals surface area (Å²) in [5, 5.41) is 3.33. The smallest absolute Gasteiger partial charge is 0.428 e. The minimum absolute atomic E-state index is 0.0948. The van der Waals surface area contributed by atoms with Gasteiger partial charge in [-0.15, -0.1) is 0 Å². The number of anilines is 1. The van der Waals surface area contributed by atoms with Gasteiger partial charge in [0, 0.05) is 5.69 Å². The number of nitrogens with one attached hydrogen (secondary N) is 2. The maximum atomic E-state index is 13.5. The van der Waals surface area contributed by atoms with Gasteiger partial charge in [-0.25, -0.2) is 18.0 Å². The van der Waals surface area contributed by atoms with Crippen molar-refractivity contribution in [2.24, 2.45) is 0 Å². The third-order valence-electron chi connectivity index (χ3n) is 3.11. The Hall–Kier alpha value is -2.59. The van der Waals surface area contributed by atoms with Crippen LogP contribution in [0.25, 0.3) is 0 Å². The lowest BCUT2D eigenvalue weighted by Gasteiger charge is -2.18. The van der Waals surface area contributed by atoms with Crippen LogP contribution in [0.15, 0.2) is 36.4 Å². The quantitative estimate of drug-likeness (QED) is 0.500. The monoisotopic (exact) mass is 442 g/mol. The van der Waals surface area contributed by atoms with E-state index in [0.717, 1.165) is 36.4 Å². The number of hydrogen-bond acceptors (Lipinski definition) is 3. The molecule has 150 valence electrons. The lowest BCUT2D eigenvalue weighted by molar-refractivity contribution is -0.198. The molecule has 0 aliphatic carbocycles. The fourth-order valence-electron chi connectivity index (χ4n) is 1.90. The zero-order valence-corrected chi connectivity index (χ0v) is 14.9. The fraction of sp³-hybridized carbons (Fsp3) is 0.125. The number of carbonyl (C=O) groups excluding carboxylic acids is 2. The number of benzene rings is 2. The Morgan fingerprint density at radius 1 is 1.11 bits per heavy atom. The molecule has 28 heavy (non-hydrogen) atoms. The molecule has 5 nitrogen and oxygen atoms in total. The van der Waals surface area contributed by atoms with Gasteiger partial charge in [-0.2, -0.15) is 8.78 Å². The molecule has 0 spiro atoms. The summed E-state index contributed by atoms with van der Waals surface area (Å²) in [5.41, 5.74) is -4.19. The Kier molecular flexibility index (Phi) is 6.68. The predicted octanol–water partition coefficient (Wildman–Crippen LogP) is 5.09. The van der Waals surface area contributed by atoms with Crippen molar-refractivity contribution in [3.63, 3.8) is 0 Å². The van der Waals surface area contributed by atoms with E-state index < -0.39 is 51.6 Å². The van der Waals surface area contributed by atoms with E-state index >= 15 is 0 Å². The minimum Gasteiger partial charge on any atom is -0.428 e. The molecule has 2 aromatic rings. The topological polar surface area (TPSA) is 67.4 Å². The third-order valence-corrected chi connectivity index (χ3v) is 3.66. The molecule has 0 saturated carbocycles. The summed E-state index contributed by atoms with van der Waals surface area (Å²) in [7, 11) is 0. The van der Waals surface area contributed by atoms with Gasteiger partial charge < -0.3 is 10.1 Å². The predicted molar refractivity (Wildman–Crippen MR) is 90.6 cm³/mol. The van der Waals surface area contributed by atoms with Crippen molar-refractivity contribution in [2.75, 3.05) is 5.32 Å². The van der Waals surface area contributed by atoms with E-state index in [9.17, 15) is 31.5 Å². The number of carbonyl (C=O) groups is 2. The van der Waals surface area contributed by atoms with Crippen LogP contribution >= 0.6 is 23.2 Å². The van der Waals surface area contributed by atoms with Crippen LogP contribution in [-0.4, -0.2) is 23.7 Å². The number of ether oxygens (including phenoxy) is 1. The van der Waals surface area contributed by atoms with E-state index in [1.807, 2.05) is 0 Å². The molecule has 0 saturated heterocycles. The van der Waals surface area contributed by atoms with Crippen LogP contribution < -0.4 is 15.4 Å². The highest BCUT2D eigenvalue weighted by molar-refractivity contribution is 6.32. The highest BCUT2D eigenvalue weighted by Crippen LogP contribution is 2.34. The summed E-state index contributed by atoms with van der Waals surface area (Å²) in [6.07, 6.45) is -4.35. The van der Waals surface area contributed by atoms with Crippen molar-refractivity contribution in [1.29, 1.82) is 0 Å². The average Bonchev–Trinajstić information content (AvgIpc) is 2.56. The molecule has 0 aromatic heterocycles. The molecule has 12 heteroatoms. The second-order valence-corrected chi connectivity index (χ2v) is 5.91. The molecule has 3 amide bonds. The van der Waals surface area contributed by atoms with Crippen LogP contribution in [0.1, 0.15) is 10.4 Å². The zero-order valence-electron chi connectivity index (χ0n) is 13.4. The van der Waals surface area contributed by atoms with Crippen LogP contribution in [0.5, 0.6) is 5.75 Å². The van der Waals surface area contributed by atoms with E-state index in [4.69, 9.17) is 11.6 Å². The van der Waals surface area contributed by atoms with Crippen LogP contribution in [0.3, 0.4) is 0 Å². The molecule has 2 N–H and O–H groups in total. The molecular formula is C16H9Cl2F5N2O3. The standard InChI is InChI=1S/C16H9Cl2F5N2O3/c17-8-6-7(4-5-11(8)28-16(22,23)14(18)21)24-15(27)25-13(26)12-9(19)2-1-3-10(12)20/h1-6,14H,(H2,24,25,26,27). The van der Waals surface area contributed by atoms with Gasteiger partial charge in [0.05, 0.1) is 5.02 Å². The van der Waals surface area contributed by atoms with E-state index in [1.54, 1.807) is 5.32 Å². The molecule has 1 unspecified atom stereocenters. The van der Waals surface area contributed by atoms with E-state index in [1.165, 1.54) is 0 Å². The first-order valence-corrected chi connectivity index (χ1v) is 8.03. The third kappa shape index (κ3) is 5.23. The summed E-state index contributed by atoms with van der Waals surface area (Å²) in [6.45, 7) is 0. The minimum atomic E-state index is -4.35. The molecular weight excluding hydrogens is 434 g/mol. The van der Waals surface area contributed by atoms with Crippen molar-refractivity contribution in [3.8, 4) is 5.75 Å². The number of halogens is 7. The summed E-state index contributed by atoms with van der Waals surface area (Å²) < 4.78 is 69.9. The average molecular weight is 443 g/mol. The molecule has 0 heterocycles. The molecule has 2 aromatic carbocycles. The number of amides is 3. The summed E-state index contributed by atoms with van der Waals surface area (Å²) in [5.74, 6) is -4.34. The highest BCUT2D eigenvalue weighted by Gasteiger charge is 2.42. The summed E-state index contributed by atoms with van der Waals surface area (Å²) >= 11 is 10.4. The first kappa shape index (κ1) is 21.7. The first-order chi connectivity index (χ1) is 13.0. The number of imide groups is 1. The van der Waals surface area contributed by atoms with Crippen molar-refractivity contribution in [3.05, 3.63) is 58.6 Å². The number of alkyl halides is 4. The Morgan fingerprint density at radius 2 is 1.71 bits per heavy atom. The van der Waals surface area contributed by atoms with Crippen LogP contribution in [0.2, 0.25) is 5.02 Å². The molecule has 1 atom stereocenters. The van der Waals surface area contributed by atoms with E-state index in [2.05, 4.69) is 21.7 Å². The number of hydrogen-bond donors (Lipinski definition) is 2. The van der Waals surface area contributed by atoms with Crippen molar-refractivity contribution >= 4 is 40.8 Å².